The third-order valence-corrected chi connectivity index (χ3v) is 2.60. The van der Waals surface area contributed by atoms with Gasteiger partial charge in [0.05, 0.1) is 0 Å². The van der Waals surface area contributed by atoms with Gasteiger partial charge in [0, 0.05) is 6.07 Å². The molecule has 2 aromatic heterocycles. The minimum Gasteiger partial charge on any atom is -0.471 e. The summed E-state index contributed by atoms with van der Waals surface area (Å²) in [6.45, 7) is -1.89. The number of nitrogens with one attached hydrogen (secondary N) is 1. The molecule has 130 valence electrons. The highest BCUT2D eigenvalue weighted by Crippen LogP contribution is 2.35. The molecule has 0 saturated carbocycles. The van der Waals surface area contributed by atoms with Gasteiger partial charge in [-0.2, -0.15) is 27.1 Å². The first-order valence-corrected chi connectivity index (χ1v) is 6.08. The molecule has 0 fully saturated rings. The van der Waals surface area contributed by atoms with E-state index in [-0.39, 0.29) is 11.5 Å². The van der Waals surface area contributed by atoms with Gasteiger partial charge in [0.1, 0.15) is 24.7 Å². The van der Waals surface area contributed by atoms with Crippen LogP contribution in [0, 0.1) is 5.41 Å². The third kappa shape index (κ3) is 3.97. The smallest absolute Gasteiger partial charge is 0.425 e. The Morgan fingerprint density at radius 1 is 1.21 bits per heavy atom. The summed E-state index contributed by atoms with van der Waals surface area (Å²) in [4.78, 5) is 10.7. The molecule has 0 aliphatic rings. The number of nitrogens with zero attached hydrogens (tertiary/aromatic N) is 5. The van der Waals surface area contributed by atoms with Gasteiger partial charge in [-0.15, -0.1) is 0 Å². The molecule has 0 bridgehead atoms. The largest absolute Gasteiger partial charge is 0.471 e. The Kier molecular flexibility index (Phi) is 4.71. The van der Waals surface area contributed by atoms with E-state index in [9.17, 15) is 26.3 Å². The van der Waals surface area contributed by atoms with Crippen LogP contribution < -0.4 is 4.74 Å². The number of alkyl halides is 6. The van der Waals surface area contributed by atoms with E-state index in [0.717, 1.165) is 29.7 Å². The van der Waals surface area contributed by atoms with Crippen molar-refractivity contribution in [2.75, 3.05) is 6.61 Å². The van der Waals surface area contributed by atoms with Crippen molar-refractivity contribution in [2.45, 2.75) is 18.3 Å². The van der Waals surface area contributed by atoms with Crippen molar-refractivity contribution in [3.8, 4) is 5.88 Å². The molecule has 1 N–H and O–H groups in total. The van der Waals surface area contributed by atoms with Gasteiger partial charge >= 0.3 is 12.1 Å². The van der Waals surface area contributed by atoms with E-state index < -0.39 is 30.8 Å². The van der Waals surface area contributed by atoms with Crippen LogP contribution in [0.15, 0.2) is 25.0 Å². The number of ether oxygens (including phenoxy) is 1. The lowest BCUT2D eigenvalue weighted by Crippen LogP contribution is -2.45. The average Bonchev–Trinajstić information content (AvgIpc) is 3.05. The molecular weight excluding hydrogens is 346 g/mol. The predicted molar refractivity (Wildman–Crippen MR) is 65.7 cm³/mol. The van der Waals surface area contributed by atoms with E-state index in [1.807, 2.05) is 0 Å². The highest BCUT2D eigenvalue weighted by atomic mass is 19.4. The van der Waals surface area contributed by atoms with Gasteiger partial charge in [-0.1, -0.05) is 0 Å². The second-order valence-electron chi connectivity index (χ2n) is 4.38. The van der Waals surface area contributed by atoms with E-state index in [1.54, 1.807) is 0 Å². The van der Waals surface area contributed by atoms with Crippen molar-refractivity contribution in [3.63, 3.8) is 0 Å². The molecule has 0 radical (unpaired) electrons. The van der Waals surface area contributed by atoms with E-state index in [2.05, 4.69) is 24.8 Å². The Morgan fingerprint density at radius 3 is 2.50 bits per heavy atom. The Labute approximate surface area is 129 Å². The summed E-state index contributed by atoms with van der Waals surface area (Å²) in [5.41, 5.74) is -0.124. The first kappa shape index (κ1) is 17.6. The van der Waals surface area contributed by atoms with Crippen LogP contribution in [-0.4, -0.2) is 55.4 Å². The normalized spacial score (nSPS) is 13.6. The van der Waals surface area contributed by atoms with Crippen LogP contribution in [0.4, 0.5) is 26.3 Å². The van der Waals surface area contributed by atoms with Gasteiger partial charge in [-0.05, 0) is 0 Å². The second kappa shape index (κ2) is 6.41. The number of hydrogen-bond acceptors (Lipinski definition) is 6. The molecule has 7 nitrogen and oxygen atoms in total. The van der Waals surface area contributed by atoms with Crippen molar-refractivity contribution in [2.24, 2.45) is 0 Å². The van der Waals surface area contributed by atoms with Crippen molar-refractivity contribution in [1.29, 1.82) is 5.41 Å². The molecule has 0 aliphatic heterocycles. The summed E-state index contributed by atoms with van der Waals surface area (Å²) >= 11 is 0. The molecule has 1 unspecified atom stereocenters. The Bertz CT molecular complexity index is 703. The van der Waals surface area contributed by atoms with Crippen LogP contribution in [0.3, 0.4) is 0 Å². The van der Waals surface area contributed by atoms with Crippen LogP contribution in [-0.2, 0) is 0 Å². The summed E-state index contributed by atoms with van der Waals surface area (Å²) in [6, 6.07) is 0.918. The third-order valence-electron chi connectivity index (χ3n) is 2.60. The molecular formula is C11H8F6N6O. The van der Waals surface area contributed by atoms with E-state index in [4.69, 9.17) is 5.41 Å². The molecule has 1 atom stereocenters. The lowest BCUT2D eigenvalue weighted by Gasteiger charge is -2.22. The lowest BCUT2D eigenvalue weighted by atomic mass is 10.2. The quantitative estimate of drug-likeness (QED) is 0.503. The lowest BCUT2D eigenvalue weighted by molar-refractivity contribution is -0.250. The Balaban J connectivity index is 2.09. The first-order valence-electron chi connectivity index (χ1n) is 6.08. The maximum absolute atomic E-state index is 13.2. The summed E-state index contributed by atoms with van der Waals surface area (Å²) in [5, 5.41) is 11.4. The predicted octanol–water partition coefficient (Wildman–Crippen LogP) is 1.86. The van der Waals surface area contributed by atoms with Gasteiger partial charge in [-0.25, -0.2) is 24.0 Å². The standard InChI is InChI=1S/C11H8F6N6O/c12-9(11(15,16)17)10(13,14)2-24-7-1-6(20-4-21-7)8(18)23-5-19-3-22-23/h1,3-5,9,18H,2H2. The van der Waals surface area contributed by atoms with Crippen molar-refractivity contribution in [3.05, 3.63) is 30.7 Å². The molecule has 0 aliphatic carbocycles. The fourth-order valence-electron chi connectivity index (χ4n) is 1.47. The molecule has 24 heavy (non-hydrogen) atoms. The second-order valence-corrected chi connectivity index (χ2v) is 4.38. The fraction of sp³-hybridized carbons (Fsp3) is 0.364. The fourth-order valence-corrected chi connectivity index (χ4v) is 1.47. The van der Waals surface area contributed by atoms with Gasteiger partial charge < -0.3 is 4.74 Å². The van der Waals surface area contributed by atoms with E-state index >= 15 is 0 Å². The van der Waals surface area contributed by atoms with Crippen LogP contribution in [0.1, 0.15) is 5.69 Å². The average molecular weight is 354 g/mol. The van der Waals surface area contributed by atoms with Crippen LogP contribution >= 0.6 is 0 Å². The molecule has 0 spiro atoms. The first-order chi connectivity index (χ1) is 11.1. The number of aromatic nitrogens is 5. The SMILES string of the molecule is N=C(c1cc(OCC(F)(F)C(F)C(F)(F)F)ncn1)n1cncn1. The van der Waals surface area contributed by atoms with Gasteiger partial charge in [-0.3, -0.25) is 5.41 Å². The molecule has 2 heterocycles. The van der Waals surface area contributed by atoms with Crippen molar-refractivity contribution < 1.29 is 31.1 Å². The minimum atomic E-state index is -5.72. The minimum absolute atomic E-state index is 0.124. The highest BCUT2D eigenvalue weighted by Gasteiger charge is 2.57. The Hall–Kier alpha value is -2.73. The number of hydrogen-bond donors (Lipinski definition) is 1. The maximum Gasteiger partial charge on any atom is 0.425 e. The van der Waals surface area contributed by atoms with Gasteiger partial charge in [0.15, 0.2) is 12.4 Å². The zero-order valence-corrected chi connectivity index (χ0v) is 11.5. The topological polar surface area (TPSA) is 89.6 Å². The summed E-state index contributed by atoms with van der Waals surface area (Å²) in [7, 11) is 0. The van der Waals surface area contributed by atoms with E-state index in [0.29, 0.717) is 0 Å². The zero-order valence-electron chi connectivity index (χ0n) is 11.5. The summed E-state index contributed by atoms with van der Waals surface area (Å²) < 4.78 is 80.5. The molecule has 0 aromatic carbocycles. The molecule has 2 rings (SSSR count). The van der Waals surface area contributed by atoms with Crippen molar-refractivity contribution >= 4 is 5.84 Å². The Morgan fingerprint density at radius 2 is 1.92 bits per heavy atom. The van der Waals surface area contributed by atoms with Crippen molar-refractivity contribution in [1.82, 2.24) is 24.7 Å². The van der Waals surface area contributed by atoms with E-state index in [1.165, 1.54) is 0 Å². The molecule has 0 saturated heterocycles. The highest BCUT2D eigenvalue weighted by molar-refractivity contribution is 5.95. The zero-order chi connectivity index (χ0) is 18.0. The summed E-state index contributed by atoms with van der Waals surface area (Å²) in [6.07, 6.45) is -6.97. The van der Waals surface area contributed by atoms with Crippen LogP contribution in [0.25, 0.3) is 0 Å². The molecule has 0 amide bonds. The van der Waals surface area contributed by atoms with Gasteiger partial charge in [0.2, 0.25) is 5.88 Å². The monoisotopic (exact) mass is 354 g/mol. The van der Waals surface area contributed by atoms with Crippen LogP contribution in [0.2, 0.25) is 0 Å². The summed E-state index contributed by atoms with van der Waals surface area (Å²) in [5.74, 6) is -5.67. The maximum atomic E-state index is 13.2. The number of rotatable bonds is 5. The van der Waals surface area contributed by atoms with Crippen LogP contribution in [0.5, 0.6) is 5.88 Å². The molecule has 2 aromatic rings. The number of halogens is 6. The van der Waals surface area contributed by atoms with Gasteiger partial charge in [0.25, 0.3) is 6.17 Å². The molecule has 13 heteroatoms.